The van der Waals surface area contributed by atoms with Gasteiger partial charge in [0.05, 0.1) is 6.54 Å². The Morgan fingerprint density at radius 3 is 2.68 bits per heavy atom. The van der Waals surface area contributed by atoms with Gasteiger partial charge in [-0.05, 0) is 18.4 Å². The van der Waals surface area contributed by atoms with E-state index in [0.29, 0.717) is 24.5 Å². The highest BCUT2D eigenvalue weighted by Crippen LogP contribution is 2.08. The fourth-order valence-electron chi connectivity index (χ4n) is 2.39. The van der Waals surface area contributed by atoms with Crippen molar-refractivity contribution in [3.63, 3.8) is 0 Å². The molecule has 1 aromatic carbocycles. The molecule has 2 aromatic rings. The maximum absolute atomic E-state index is 12.1. The number of aryl methyl sites for hydroxylation is 1. The minimum absolute atomic E-state index is 0.000254. The molecule has 1 unspecified atom stereocenters. The summed E-state index contributed by atoms with van der Waals surface area (Å²) in [7, 11) is 0. The summed E-state index contributed by atoms with van der Waals surface area (Å²) in [6, 6.07) is 9.03. The lowest BCUT2D eigenvalue weighted by Gasteiger charge is -2.18. The molecule has 0 spiro atoms. The number of aromatic nitrogens is 3. The van der Waals surface area contributed by atoms with Crippen LogP contribution < -0.4 is 10.6 Å². The minimum Gasteiger partial charge on any atom is -0.481 e. The summed E-state index contributed by atoms with van der Waals surface area (Å²) in [4.78, 5) is 27.2. The molecule has 1 aromatic heterocycles. The third-order valence-electron chi connectivity index (χ3n) is 3.68. The standard InChI is InChI=1S/C17H23N5O3/c1-2-14-20-15(22-21-14)11-18-17(25)19-13(8-9-16(23)24)10-12-6-4-3-5-7-12/h3-7,13H,2,8-11H2,1H3,(H,23,24)(H2,18,19,25)(H,20,21,22). The number of nitrogens with zero attached hydrogens (tertiary/aromatic N) is 2. The second kappa shape index (κ2) is 9.41. The van der Waals surface area contributed by atoms with Gasteiger partial charge in [-0.25, -0.2) is 9.78 Å². The third-order valence-corrected chi connectivity index (χ3v) is 3.68. The van der Waals surface area contributed by atoms with Gasteiger partial charge in [-0.2, -0.15) is 5.10 Å². The quantitative estimate of drug-likeness (QED) is 0.551. The maximum Gasteiger partial charge on any atom is 0.315 e. The van der Waals surface area contributed by atoms with Gasteiger partial charge in [0.1, 0.15) is 5.82 Å². The zero-order valence-corrected chi connectivity index (χ0v) is 14.2. The first-order valence-electron chi connectivity index (χ1n) is 8.27. The molecule has 0 fully saturated rings. The summed E-state index contributed by atoms with van der Waals surface area (Å²) >= 11 is 0. The molecule has 0 aliphatic rings. The lowest BCUT2D eigenvalue weighted by molar-refractivity contribution is -0.137. The van der Waals surface area contributed by atoms with E-state index in [2.05, 4.69) is 25.8 Å². The van der Waals surface area contributed by atoms with E-state index in [1.807, 2.05) is 37.3 Å². The van der Waals surface area contributed by atoms with Crippen LogP contribution in [0.4, 0.5) is 4.79 Å². The number of H-pyrrole nitrogens is 1. The second-order valence-electron chi connectivity index (χ2n) is 5.70. The molecule has 25 heavy (non-hydrogen) atoms. The molecule has 0 saturated carbocycles. The van der Waals surface area contributed by atoms with E-state index in [1.54, 1.807) is 0 Å². The predicted octanol–water partition coefficient (Wildman–Crippen LogP) is 1.64. The topological polar surface area (TPSA) is 120 Å². The van der Waals surface area contributed by atoms with Crippen molar-refractivity contribution in [2.45, 2.75) is 45.2 Å². The van der Waals surface area contributed by atoms with E-state index in [1.165, 1.54) is 0 Å². The highest BCUT2D eigenvalue weighted by atomic mass is 16.4. The number of hydrogen-bond acceptors (Lipinski definition) is 4. The Morgan fingerprint density at radius 1 is 1.28 bits per heavy atom. The number of amides is 2. The Morgan fingerprint density at radius 2 is 2.04 bits per heavy atom. The number of rotatable bonds is 9. The maximum atomic E-state index is 12.1. The van der Waals surface area contributed by atoms with Crippen LogP contribution in [0.1, 0.15) is 37.0 Å². The number of benzene rings is 1. The van der Waals surface area contributed by atoms with Crippen LogP contribution in [0, 0.1) is 0 Å². The van der Waals surface area contributed by atoms with Crippen LogP contribution in [0.15, 0.2) is 30.3 Å². The summed E-state index contributed by atoms with van der Waals surface area (Å²) in [5, 5.41) is 21.2. The highest BCUT2D eigenvalue weighted by molar-refractivity contribution is 5.74. The molecule has 0 bridgehead atoms. The average Bonchev–Trinajstić information content (AvgIpc) is 3.07. The van der Waals surface area contributed by atoms with Gasteiger partial charge in [0, 0.05) is 18.9 Å². The van der Waals surface area contributed by atoms with E-state index in [4.69, 9.17) is 5.11 Å². The summed E-state index contributed by atoms with van der Waals surface area (Å²) < 4.78 is 0. The molecule has 0 aliphatic carbocycles. The number of aliphatic carboxylic acids is 1. The smallest absolute Gasteiger partial charge is 0.315 e. The van der Waals surface area contributed by atoms with Crippen molar-refractivity contribution in [1.29, 1.82) is 0 Å². The van der Waals surface area contributed by atoms with Crippen LogP contribution in [0.25, 0.3) is 0 Å². The molecular formula is C17H23N5O3. The van der Waals surface area contributed by atoms with Gasteiger partial charge in [-0.3, -0.25) is 9.89 Å². The predicted molar refractivity (Wildman–Crippen MR) is 91.9 cm³/mol. The van der Waals surface area contributed by atoms with Gasteiger partial charge in [-0.15, -0.1) is 0 Å². The fourth-order valence-corrected chi connectivity index (χ4v) is 2.39. The van der Waals surface area contributed by atoms with Crippen molar-refractivity contribution in [3.8, 4) is 0 Å². The molecule has 4 N–H and O–H groups in total. The minimum atomic E-state index is -0.881. The molecule has 0 radical (unpaired) electrons. The molecule has 1 heterocycles. The van der Waals surface area contributed by atoms with Crippen molar-refractivity contribution < 1.29 is 14.7 Å². The molecule has 0 aliphatic heterocycles. The molecule has 8 nitrogen and oxygen atoms in total. The van der Waals surface area contributed by atoms with Crippen LogP contribution in [-0.2, 0) is 24.2 Å². The Kier molecular flexibility index (Phi) is 6.94. The van der Waals surface area contributed by atoms with Gasteiger partial charge in [0.25, 0.3) is 0 Å². The normalized spacial score (nSPS) is 11.7. The Bertz CT molecular complexity index is 687. The van der Waals surface area contributed by atoms with Crippen LogP contribution in [0.3, 0.4) is 0 Å². The first-order chi connectivity index (χ1) is 12.1. The van der Waals surface area contributed by atoms with Crippen molar-refractivity contribution in [1.82, 2.24) is 25.8 Å². The van der Waals surface area contributed by atoms with Gasteiger partial charge in [-0.1, -0.05) is 37.3 Å². The van der Waals surface area contributed by atoms with E-state index < -0.39 is 5.97 Å². The van der Waals surface area contributed by atoms with E-state index in [-0.39, 0.29) is 25.0 Å². The van der Waals surface area contributed by atoms with Gasteiger partial charge in [0.15, 0.2) is 5.82 Å². The third kappa shape index (κ3) is 6.62. The number of carboxylic acids is 1. The first-order valence-corrected chi connectivity index (χ1v) is 8.27. The van der Waals surface area contributed by atoms with Gasteiger partial charge < -0.3 is 15.7 Å². The molecule has 2 amide bonds. The Labute approximate surface area is 146 Å². The zero-order chi connectivity index (χ0) is 18.1. The molecule has 2 rings (SSSR count). The number of nitrogens with one attached hydrogen (secondary N) is 3. The number of urea groups is 1. The van der Waals surface area contributed by atoms with Crippen molar-refractivity contribution in [2.24, 2.45) is 0 Å². The number of aromatic amines is 1. The lowest BCUT2D eigenvalue weighted by Crippen LogP contribution is -2.43. The Balaban J connectivity index is 1.87. The van der Waals surface area contributed by atoms with E-state index >= 15 is 0 Å². The summed E-state index contributed by atoms with van der Waals surface area (Å²) in [6.45, 7) is 2.18. The number of carbonyl (C=O) groups is 2. The monoisotopic (exact) mass is 345 g/mol. The van der Waals surface area contributed by atoms with Crippen LogP contribution in [0.5, 0.6) is 0 Å². The lowest BCUT2D eigenvalue weighted by atomic mass is 10.0. The van der Waals surface area contributed by atoms with E-state index in [9.17, 15) is 9.59 Å². The molecule has 134 valence electrons. The van der Waals surface area contributed by atoms with Crippen LogP contribution in [-0.4, -0.2) is 38.3 Å². The zero-order valence-electron chi connectivity index (χ0n) is 14.2. The van der Waals surface area contributed by atoms with Gasteiger partial charge in [0.2, 0.25) is 0 Å². The number of carboxylic acid groups (broad SMARTS) is 1. The van der Waals surface area contributed by atoms with E-state index in [0.717, 1.165) is 12.0 Å². The van der Waals surface area contributed by atoms with Gasteiger partial charge >= 0.3 is 12.0 Å². The van der Waals surface area contributed by atoms with Crippen molar-refractivity contribution >= 4 is 12.0 Å². The second-order valence-corrected chi connectivity index (χ2v) is 5.70. The summed E-state index contributed by atoms with van der Waals surface area (Å²) in [5.74, 6) is 0.395. The summed E-state index contributed by atoms with van der Waals surface area (Å²) in [5.41, 5.74) is 1.04. The molecule has 1 atom stereocenters. The fraction of sp³-hybridized carbons (Fsp3) is 0.412. The average molecular weight is 345 g/mol. The van der Waals surface area contributed by atoms with Crippen molar-refractivity contribution in [3.05, 3.63) is 47.5 Å². The largest absolute Gasteiger partial charge is 0.481 e. The van der Waals surface area contributed by atoms with Crippen LogP contribution >= 0.6 is 0 Å². The Hall–Kier alpha value is -2.90. The molecular weight excluding hydrogens is 322 g/mol. The van der Waals surface area contributed by atoms with Crippen LogP contribution in [0.2, 0.25) is 0 Å². The molecule has 8 heteroatoms. The van der Waals surface area contributed by atoms with Crippen molar-refractivity contribution in [2.75, 3.05) is 0 Å². The summed E-state index contributed by atoms with van der Waals surface area (Å²) in [6.07, 6.45) is 1.65. The number of hydrogen-bond donors (Lipinski definition) is 4. The first kappa shape index (κ1) is 18.4. The highest BCUT2D eigenvalue weighted by Gasteiger charge is 2.15. The SMILES string of the molecule is CCc1n[nH]c(CNC(=O)NC(CCC(=O)O)Cc2ccccc2)n1. The molecule has 0 saturated heterocycles. The number of carbonyl (C=O) groups excluding carboxylic acids is 1.